The van der Waals surface area contributed by atoms with Gasteiger partial charge < -0.3 is 9.47 Å². The average Bonchev–Trinajstić information content (AvgIpc) is 2.96. The summed E-state index contributed by atoms with van der Waals surface area (Å²) in [4.78, 5) is 25.9. The van der Waals surface area contributed by atoms with Gasteiger partial charge in [0.1, 0.15) is 0 Å². The summed E-state index contributed by atoms with van der Waals surface area (Å²) in [5, 5.41) is 0. The average molecular weight is 265 g/mol. The third-order valence-electron chi connectivity index (χ3n) is 3.85. The second-order valence-electron chi connectivity index (χ2n) is 6.29. The molecule has 0 radical (unpaired) electrons. The summed E-state index contributed by atoms with van der Waals surface area (Å²) < 4.78 is 11.2. The molecule has 0 aromatic rings. The molecule has 4 atom stereocenters. The minimum atomic E-state index is -0.308. The lowest BCUT2D eigenvalue weighted by Crippen LogP contribution is -2.38. The van der Waals surface area contributed by atoms with Gasteiger partial charge in [-0.1, -0.05) is 12.2 Å². The van der Waals surface area contributed by atoms with Crippen molar-refractivity contribution in [1.82, 2.24) is 4.90 Å². The van der Waals surface area contributed by atoms with Crippen molar-refractivity contribution in [3.05, 3.63) is 12.2 Å². The Kier molecular flexibility index (Phi) is 2.80. The second-order valence-corrected chi connectivity index (χ2v) is 6.29. The molecular weight excluding hydrogens is 246 g/mol. The highest BCUT2D eigenvalue weighted by Gasteiger charge is 2.60. The van der Waals surface area contributed by atoms with Crippen molar-refractivity contribution in [2.45, 2.75) is 38.6 Å². The van der Waals surface area contributed by atoms with Gasteiger partial charge in [-0.05, 0) is 20.8 Å². The second kappa shape index (κ2) is 4.15. The lowest BCUT2D eigenvalue weighted by Gasteiger charge is -2.22. The molecule has 3 heterocycles. The van der Waals surface area contributed by atoms with Crippen LogP contribution in [-0.4, -0.2) is 47.7 Å². The highest BCUT2D eigenvalue weighted by atomic mass is 16.5. The standard InChI is InChI=1S/C14H19NO4/c1-14(2,3)18-7-6-15-12(16)10-8-4-5-9(19-8)11(10)13(15)17/h4-5,8-11H,6-7H2,1-3H3/t8?,9?,10-,11+. The Labute approximate surface area is 112 Å². The van der Waals surface area contributed by atoms with Crippen LogP contribution in [-0.2, 0) is 19.1 Å². The van der Waals surface area contributed by atoms with Crippen LogP contribution in [0.5, 0.6) is 0 Å². The fourth-order valence-corrected chi connectivity index (χ4v) is 3.03. The molecule has 0 aromatic carbocycles. The zero-order valence-corrected chi connectivity index (χ0v) is 11.5. The van der Waals surface area contributed by atoms with E-state index < -0.39 is 0 Å². The van der Waals surface area contributed by atoms with E-state index >= 15 is 0 Å². The molecule has 0 saturated carbocycles. The van der Waals surface area contributed by atoms with Crippen LogP contribution >= 0.6 is 0 Å². The molecule has 0 aromatic heterocycles. The van der Waals surface area contributed by atoms with Gasteiger partial charge in [0, 0.05) is 0 Å². The fraction of sp³-hybridized carbons (Fsp3) is 0.714. The van der Waals surface area contributed by atoms with E-state index in [0.717, 1.165) is 0 Å². The van der Waals surface area contributed by atoms with E-state index in [-0.39, 0.29) is 41.5 Å². The van der Waals surface area contributed by atoms with E-state index in [1.807, 2.05) is 32.9 Å². The SMILES string of the molecule is CC(C)(C)OCCN1C(=O)[C@@H]2C3C=CC(O3)[C@@H]2C1=O. The molecular formula is C14H19NO4. The third-order valence-corrected chi connectivity index (χ3v) is 3.85. The first-order valence-corrected chi connectivity index (χ1v) is 6.71. The number of ether oxygens (including phenoxy) is 2. The first-order valence-electron chi connectivity index (χ1n) is 6.71. The smallest absolute Gasteiger partial charge is 0.236 e. The van der Waals surface area contributed by atoms with Crippen LogP contribution in [0.25, 0.3) is 0 Å². The van der Waals surface area contributed by atoms with Crippen molar-refractivity contribution in [3.8, 4) is 0 Å². The zero-order valence-electron chi connectivity index (χ0n) is 11.5. The van der Waals surface area contributed by atoms with Crippen LogP contribution in [0.3, 0.4) is 0 Å². The van der Waals surface area contributed by atoms with Crippen LogP contribution in [0, 0.1) is 11.8 Å². The zero-order chi connectivity index (χ0) is 13.8. The van der Waals surface area contributed by atoms with Crippen molar-refractivity contribution in [2.75, 3.05) is 13.2 Å². The molecule has 104 valence electrons. The van der Waals surface area contributed by atoms with E-state index in [1.54, 1.807) is 0 Å². The maximum Gasteiger partial charge on any atom is 0.236 e. The molecule has 2 saturated heterocycles. The Bertz CT molecular complexity index is 421. The van der Waals surface area contributed by atoms with Gasteiger partial charge in [-0.2, -0.15) is 0 Å². The highest BCUT2D eigenvalue weighted by Crippen LogP contribution is 2.44. The summed E-state index contributed by atoms with van der Waals surface area (Å²) in [7, 11) is 0. The summed E-state index contributed by atoms with van der Waals surface area (Å²) in [6, 6.07) is 0. The Morgan fingerprint density at radius 3 is 2.16 bits per heavy atom. The van der Waals surface area contributed by atoms with Crippen LogP contribution in [0.2, 0.25) is 0 Å². The van der Waals surface area contributed by atoms with E-state index in [1.165, 1.54) is 4.90 Å². The molecule has 2 fully saturated rings. The lowest BCUT2D eigenvalue weighted by molar-refractivity contribution is -0.144. The predicted molar refractivity (Wildman–Crippen MR) is 67.2 cm³/mol. The van der Waals surface area contributed by atoms with Crippen LogP contribution in [0.15, 0.2) is 12.2 Å². The minimum Gasteiger partial charge on any atom is -0.374 e. The van der Waals surface area contributed by atoms with Crippen molar-refractivity contribution in [2.24, 2.45) is 11.8 Å². The van der Waals surface area contributed by atoms with Gasteiger partial charge in [0.2, 0.25) is 11.8 Å². The highest BCUT2D eigenvalue weighted by molar-refractivity contribution is 6.06. The number of nitrogens with zero attached hydrogens (tertiary/aromatic N) is 1. The van der Waals surface area contributed by atoms with E-state index in [2.05, 4.69) is 0 Å². The molecule has 2 bridgehead atoms. The fourth-order valence-electron chi connectivity index (χ4n) is 3.03. The summed E-state index contributed by atoms with van der Waals surface area (Å²) in [6.07, 6.45) is 3.37. The number of carbonyl (C=O) groups is 2. The molecule has 3 rings (SSSR count). The number of hydrogen-bond donors (Lipinski definition) is 0. The molecule has 3 aliphatic rings. The van der Waals surface area contributed by atoms with Gasteiger partial charge >= 0.3 is 0 Å². The lowest BCUT2D eigenvalue weighted by atomic mass is 9.85. The Morgan fingerprint density at radius 2 is 1.68 bits per heavy atom. The number of rotatable bonds is 3. The maximum absolute atomic E-state index is 12.3. The predicted octanol–water partition coefficient (Wildman–Crippen LogP) is 0.740. The van der Waals surface area contributed by atoms with E-state index in [9.17, 15) is 9.59 Å². The number of carbonyl (C=O) groups excluding carboxylic acids is 2. The van der Waals surface area contributed by atoms with E-state index in [4.69, 9.17) is 9.47 Å². The Morgan fingerprint density at radius 1 is 1.16 bits per heavy atom. The molecule has 0 spiro atoms. The minimum absolute atomic E-state index is 0.107. The third kappa shape index (κ3) is 2.01. The van der Waals surface area contributed by atoms with Crippen LogP contribution in [0.1, 0.15) is 20.8 Å². The molecule has 5 heteroatoms. The van der Waals surface area contributed by atoms with Crippen LogP contribution < -0.4 is 0 Å². The first-order chi connectivity index (χ1) is 8.88. The molecule has 5 nitrogen and oxygen atoms in total. The van der Waals surface area contributed by atoms with Gasteiger partial charge in [0.15, 0.2) is 0 Å². The normalized spacial score (nSPS) is 36.5. The molecule has 0 aliphatic carbocycles. The van der Waals surface area contributed by atoms with E-state index in [0.29, 0.717) is 13.2 Å². The molecule has 3 aliphatic heterocycles. The van der Waals surface area contributed by atoms with Gasteiger partial charge in [-0.3, -0.25) is 14.5 Å². The number of fused-ring (bicyclic) bond motifs is 5. The summed E-state index contributed by atoms with van der Waals surface area (Å²) >= 11 is 0. The monoisotopic (exact) mass is 265 g/mol. The number of amides is 2. The van der Waals surface area contributed by atoms with Crippen molar-refractivity contribution in [1.29, 1.82) is 0 Å². The van der Waals surface area contributed by atoms with Gasteiger partial charge in [-0.15, -0.1) is 0 Å². The molecule has 19 heavy (non-hydrogen) atoms. The van der Waals surface area contributed by atoms with Crippen molar-refractivity contribution < 1.29 is 19.1 Å². The Balaban J connectivity index is 1.66. The Hall–Kier alpha value is -1.20. The first kappa shape index (κ1) is 12.8. The number of likely N-dealkylation sites (tertiary alicyclic amines) is 1. The van der Waals surface area contributed by atoms with Crippen molar-refractivity contribution >= 4 is 11.8 Å². The summed E-state index contributed by atoms with van der Waals surface area (Å²) in [5.41, 5.74) is -0.259. The summed E-state index contributed by atoms with van der Waals surface area (Å²) in [5.74, 6) is -0.831. The molecule has 0 N–H and O–H groups in total. The van der Waals surface area contributed by atoms with Gasteiger partial charge in [0.25, 0.3) is 0 Å². The summed E-state index contributed by atoms with van der Waals surface area (Å²) in [6.45, 7) is 6.57. The molecule has 2 amide bonds. The van der Waals surface area contributed by atoms with Crippen molar-refractivity contribution in [3.63, 3.8) is 0 Å². The molecule has 2 unspecified atom stereocenters. The number of imide groups is 1. The topological polar surface area (TPSA) is 55.8 Å². The quantitative estimate of drug-likeness (QED) is 0.558. The van der Waals surface area contributed by atoms with Crippen LogP contribution in [0.4, 0.5) is 0 Å². The maximum atomic E-state index is 12.3. The van der Waals surface area contributed by atoms with Gasteiger partial charge in [-0.25, -0.2) is 0 Å². The number of hydrogen-bond acceptors (Lipinski definition) is 4. The largest absolute Gasteiger partial charge is 0.374 e. The van der Waals surface area contributed by atoms with Gasteiger partial charge in [0.05, 0.1) is 42.8 Å².